The Balaban J connectivity index is 1.90. The molecule has 0 bridgehead atoms. The van der Waals surface area contributed by atoms with Crippen LogP contribution < -0.4 is 5.32 Å². The molecule has 1 fully saturated rings. The first-order valence-corrected chi connectivity index (χ1v) is 7.69. The van der Waals surface area contributed by atoms with Gasteiger partial charge in [-0.15, -0.1) is 0 Å². The van der Waals surface area contributed by atoms with E-state index in [4.69, 9.17) is 4.74 Å². The van der Waals surface area contributed by atoms with Gasteiger partial charge >= 0.3 is 0 Å². The van der Waals surface area contributed by atoms with Gasteiger partial charge in [-0.05, 0) is 51.1 Å². The van der Waals surface area contributed by atoms with E-state index in [1.54, 1.807) is 0 Å². The number of rotatable bonds is 10. The molecule has 0 aromatic rings. The lowest BCUT2D eigenvalue weighted by Gasteiger charge is -2.15. The van der Waals surface area contributed by atoms with Crippen molar-refractivity contribution in [2.75, 3.05) is 19.7 Å². The lowest BCUT2D eigenvalue weighted by molar-refractivity contribution is 0.102. The van der Waals surface area contributed by atoms with E-state index in [9.17, 15) is 0 Å². The van der Waals surface area contributed by atoms with Crippen LogP contribution >= 0.6 is 0 Å². The third-order valence-electron chi connectivity index (χ3n) is 3.88. The molecule has 0 spiro atoms. The molecular weight excluding hydrogens is 210 g/mol. The number of hydrogen-bond acceptors (Lipinski definition) is 2. The summed E-state index contributed by atoms with van der Waals surface area (Å²) in [5, 5.41) is 3.61. The van der Waals surface area contributed by atoms with Gasteiger partial charge in [-0.25, -0.2) is 0 Å². The molecule has 2 atom stereocenters. The Morgan fingerprint density at radius 3 is 2.82 bits per heavy atom. The first kappa shape index (κ1) is 15.0. The van der Waals surface area contributed by atoms with E-state index in [-0.39, 0.29) is 0 Å². The highest BCUT2D eigenvalue weighted by atomic mass is 16.5. The molecule has 1 saturated heterocycles. The number of hydrogen-bond donors (Lipinski definition) is 1. The normalized spacial score (nSPS) is 21.9. The van der Waals surface area contributed by atoms with E-state index in [2.05, 4.69) is 19.2 Å². The molecule has 0 aromatic carbocycles. The van der Waals surface area contributed by atoms with Gasteiger partial charge in [-0.3, -0.25) is 0 Å². The van der Waals surface area contributed by atoms with Gasteiger partial charge in [0.25, 0.3) is 0 Å². The van der Waals surface area contributed by atoms with E-state index >= 15 is 0 Å². The highest BCUT2D eigenvalue weighted by Crippen LogP contribution is 2.16. The van der Waals surface area contributed by atoms with Crippen LogP contribution in [0.5, 0.6) is 0 Å². The van der Waals surface area contributed by atoms with Gasteiger partial charge in [-0.1, -0.05) is 33.1 Å². The third kappa shape index (κ3) is 7.05. The van der Waals surface area contributed by atoms with Crippen LogP contribution in [0.25, 0.3) is 0 Å². The summed E-state index contributed by atoms with van der Waals surface area (Å²) in [4.78, 5) is 0. The molecular formula is C15H31NO. The zero-order chi connectivity index (χ0) is 12.3. The summed E-state index contributed by atoms with van der Waals surface area (Å²) < 4.78 is 5.63. The van der Waals surface area contributed by atoms with Crippen molar-refractivity contribution in [3.63, 3.8) is 0 Å². The molecule has 0 radical (unpaired) electrons. The van der Waals surface area contributed by atoms with Gasteiger partial charge in [0.1, 0.15) is 0 Å². The van der Waals surface area contributed by atoms with Gasteiger partial charge in [0, 0.05) is 6.61 Å². The van der Waals surface area contributed by atoms with Crippen LogP contribution in [-0.2, 0) is 4.74 Å². The van der Waals surface area contributed by atoms with Crippen LogP contribution in [0.1, 0.15) is 65.2 Å². The van der Waals surface area contributed by atoms with Crippen LogP contribution in [0, 0.1) is 5.92 Å². The molecule has 2 unspecified atom stereocenters. The number of nitrogens with one attached hydrogen (secondary N) is 1. The van der Waals surface area contributed by atoms with E-state index in [1.165, 1.54) is 64.5 Å². The first-order chi connectivity index (χ1) is 8.36. The van der Waals surface area contributed by atoms with E-state index in [0.29, 0.717) is 6.10 Å². The quantitative estimate of drug-likeness (QED) is 0.588. The van der Waals surface area contributed by atoms with Crippen LogP contribution in [0.15, 0.2) is 0 Å². The lowest BCUT2D eigenvalue weighted by atomic mass is 9.99. The lowest BCUT2D eigenvalue weighted by Crippen LogP contribution is -2.24. The fourth-order valence-corrected chi connectivity index (χ4v) is 2.58. The Hall–Kier alpha value is -0.0800. The molecule has 1 aliphatic rings. The van der Waals surface area contributed by atoms with Crippen LogP contribution in [0.3, 0.4) is 0 Å². The number of unbranched alkanes of at least 4 members (excludes halogenated alkanes) is 1. The fraction of sp³-hybridized carbons (Fsp3) is 1.00. The monoisotopic (exact) mass is 241 g/mol. The summed E-state index contributed by atoms with van der Waals surface area (Å²) in [5.41, 5.74) is 0. The third-order valence-corrected chi connectivity index (χ3v) is 3.88. The molecule has 0 amide bonds. The molecule has 2 nitrogen and oxygen atoms in total. The molecule has 17 heavy (non-hydrogen) atoms. The highest BCUT2D eigenvalue weighted by molar-refractivity contribution is 4.66. The Bertz CT molecular complexity index is 166. The van der Waals surface area contributed by atoms with Crippen LogP contribution in [0.4, 0.5) is 0 Å². The highest BCUT2D eigenvalue weighted by Gasteiger charge is 2.14. The van der Waals surface area contributed by atoms with Crippen LogP contribution in [0.2, 0.25) is 0 Å². The topological polar surface area (TPSA) is 21.3 Å². The summed E-state index contributed by atoms with van der Waals surface area (Å²) >= 11 is 0. The van der Waals surface area contributed by atoms with Gasteiger partial charge in [0.2, 0.25) is 0 Å². The molecule has 2 heteroatoms. The van der Waals surface area contributed by atoms with Gasteiger partial charge in [0.05, 0.1) is 6.10 Å². The minimum atomic E-state index is 0.568. The van der Waals surface area contributed by atoms with Crippen molar-refractivity contribution in [3.8, 4) is 0 Å². The largest absolute Gasteiger partial charge is 0.378 e. The second kappa shape index (κ2) is 9.90. The molecule has 1 aliphatic heterocycles. The van der Waals surface area contributed by atoms with E-state index in [1.807, 2.05) is 0 Å². The molecule has 1 N–H and O–H groups in total. The molecule has 102 valence electrons. The van der Waals surface area contributed by atoms with Crippen molar-refractivity contribution in [3.05, 3.63) is 0 Å². The minimum absolute atomic E-state index is 0.568. The maximum atomic E-state index is 5.63. The SMILES string of the molecule is CCCCC(CC)CNCCCC1CCCO1. The summed E-state index contributed by atoms with van der Waals surface area (Å²) in [5.74, 6) is 0.887. The predicted octanol–water partition coefficient (Wildman–Crippen LogP) is 3.75. The summed E-state index contributed by atoms with van der Waals surface area (Å²) in [7, 11) is 0. The Morgan fingerprint density at radius 1 is 1.29 bits per heavy atom. The molecule has 0 aromatic heterocycles. The average molecular weight is 241 g/mol. The minimum Gasteiger partial charge on any atom is -0.378 e. The van der Waals surface area contributed by atoms with Crippen LogP contribution in [-0.4, -0.2) is 25.8 Å². The Morgan fingerprint density at radius 2 is 2.18 bits per heavy atom. The van der Waals surface area contributed by atoms with Crippen molar-refractivity contribution >= 4 is 0 Å². The van der Waals surface area contributed by atoms with Gasteiger partial charge in [0.15, 0.2) is 0 Å². The zero-order valence-electron chi connectivity index (χ0n) is 11.8. The van der Waals surface area contributed by atoms with Crippen molar-refractivity contribution in [2.45, 2.75) is 71.3 Å². The van der Waals surface area contributed by atoms with Crippen molar-refractivity contribution in [1.29, 1.82) is 0 Å². The van der Waals surface area contributed by atoms with Crippen molar-refractivity contribution in [2.24, 2.45) is 5.92 Å². The summed E-state index contributed by atoms with van der Waals surface area (Å²) in [6.07, 6.45) is 11.1. The summed E-state index contributed by atoms with van der Waals surface area (Å²) in [6.45, 7) is 7.97. The van der Waals surface area contributed by atoms with Crippen molar-refractivity contribution < 1.29 is 4.74 Å². The second-order valence-corrected chi connectivity index (χ2v) is 5.40. The van der Waals surface area contributed by atoms with Gasteiger partial charge in [-0.2, -0.15) is 0 Å². The van der Waals surface area contributed by atoms with E-state index in [0.717, 1.165) is 12.5 Å². The zero-order valence-corrected chi connectivity index (χ0v) is 11.8. The second-order valence-electron chi connectivity index (χ2n) is 5.40. The molecule has 1 heterocycles. The average Bonchev–Trinajstić information content (AvgIpc) is 2.85. The fourth-order valence-electron chi connectivity index (χ4n) is 2.58. The Kier molecular flexibility index (Phi) is 8.72. The summed E-state index contributed by atoms with van der Waals surface area (Å²) in [6, 6.07) is 0. The maximum Gasteiger partial charge on any atom is 0.0576 e. The smallest absolute Gasteiger partial charge is 0.0576 e. The number of ether oxygens (including phenoxy) is 1. The van der Waals surface area contributed by atoms with E-state index < -0.39 is 0 Å². The first-order valence-electron chi connectivity index (χ1n) is 7.69. The Labute approximate surface area is 108 Å². The standard InChI is InChI=1S/C15H31NO/c1-3-5-8-14(4-2)13-16-11-6-9-15-10-7-12-17-15/h14-16H,3-13H2,1-2H3. The van der Waals surface area contributed by atoms with Gasteiger partial charge < -0.3 is 10.1 Å². The molecule has 1 rings (SSSR count). The van der Waals surface area contributed by atoms with Crippen molar-refractivity contribution in [1.82, 2.24) is 5.32 Å². The maximum absolute atomic E-state index is 5.63. The predicted molar refractivity (Wildman–Crippen MR) is 74.4 cm³/mol. The molecule has 0 aliphatic carbocycles. The molecule has 0 saturated carbocycles.